The van der Waals surface area contributed by atoms with Crippen LogP contribution in [0.1, 0.15) is 24.1 Å². The van der Waals surface area contributed by atoms with Gasteiger partial charge in [-0.3, -0.25) is 0 Å². The molecular formula is C11H15Cl2NS. The Morgan fingerprint density at radius 1 is 1.40 bits per heavy atom. The third kappa shape index (κ3) is 3.35. The van der Waals surface area contributed by atoms with Gasteiger partial charge in [0.1, 0.15) is 0 Å². The predicted molar refractivity (Wildman–Crippen MR) is 68.0 cm³/mol. The quantitative estimate of drug-likeness (QED) is 0.813. The first-order valence-corrected chi connectivity index (χ1v) is 6.98. The minimum Gasteiger partial charge on any atom is -0.312 e. The van der Waals surface area contributed by atoms with Gasteiger partial charge in [-0.2, -0.15) is 0 Å². The fourth-order valence-corrected chi connectivity index (χ4v) is 3.48. The molecule has 1 aromatic rings. The Morgan fingerprint density at radius 3 is 2.87 bits per heavy atom. The van der Waals surface area contributed by atoms with E-state index in [1.54, 1.807) is 11.3 Å². The van der Waals surface area contributed by atoms with Crippen molar-refractivity contribution in [2.24, 2.45) is 5.92 Å². The van der Waals surface area contributed by atoms with Crippen LogP contribution in [0.4, 0.5) is 0 Å². The molecule has 1 nitrogen and oxygen atoms in total. The van der Waals surface area contributed by atoms with Crippen LogP contribution in [0.3, 0.4) is 0 Å². The van der Waals surface area contributed by atoms with E-state index in [9.17, 15) is 0 Å². The molecule has 1 aliphatic rings. The van der Waals surface area contributed by atoms with Crippen LogP contribution >= 0.6 is 34.5 Å². The van der Waals surface area contributed by atoms with Gasteiger partial charge in [0.15, 0.2) is 0 Å². The highest BCUT2D eigenvalue weighted by molar-refractivity contribution is 7.16. The van der Waals surface area contributed by atoms with Crippen molar-refractivity contribution in [1.29, 1.82) is 0 Å². The molecule has 0 aromatic carbocycles. The van der Waals surface area contributed by atoms with E-state index in [2.05, 4.69) is 11.4 Å². The zero-order valence-corrected chi connectivity index (χ0v) is 10.8. The van der Waals surface area contributed by atoms with Crippen molar-refractivity contribution in [2.75, 3.05) is 6.54 Å². The number of hydrogen-bond acceptors (Lipinski definition) is 2. The second-order valence-corrected chi connectivity index (χ2v) is 6.40. The maximum atomic E-state index is 6.21. The fraction of sp³-hybridized carbons (Fsp3) is 0.636. The van der Waals surface area contributed by atoms with Gasteiger partial charge >= 0.3 is 0 Å². The summed E-state index contributed by atoms with van der Waals surface area (Å²) in [6.07, 6.45) is 3.73. The van der Waals surface area contributed by atoms with Crippen molar-refractivity contribution in [3.8, 4) is 0 Å². The topological polar surface area (TPSA) is 12.0 Å². The largest absolute Gasteiger partial charge is 0.312 e. The Kier molecular flexibility index (Phi) is 4.32. The summed E-state index contributed by atoms with van der Waals surface area (Å²) >= 11 is 13.7. The standard InChI is InChI=1S/C11H15Cl2NS/c12-10-3-1-2-8(10)6-14-7-9-4-5-11(13)15-9/h4-5,8,10,14H,1-3,6-7H2. The van der Waals surface area contributed by atoms with Gasteiger partial charge in [0.05, 0.1) is 4.34 Å². The number of halogens is 2. The average Bonchev–Trinajstić information content (AvgIpc) is 2.77. The molecule has 0 aliphatic heterocycles. The lowest BCUT2D eigenvalue weighted by Gasteiger charge is -2.13. The highest BCUT2D eigenvalue weighted by atomic mass is 35.5. The van der Waals surface area contributed by atoms with Crippen LogP contribution in [0.25, 0.3) is 0 Å². The average molecular weight is 264 g/mol. The number of rotatable bonds is 4. The maximum absolute atomic E-state index is 6.21. The van der Waals surface area contributed by atoms with Crippen molar-refractivity contribution in [2.45, 2.75) is 31.2 Å². The molecule has 84 valence electrons. The molecular weight excluding hydrogens is 249 g/mol. The molecule has 1 saturated carbocycles. The molecule has 0 bridgehead atoms. The SMILES string of the molecule is Clc1ccc(CNCC2CCCC2Cl)s1. The minimum atomic E-state index is 0.379. The van der Waals surface area contributed by atoms with E-state index in [0.29, 0.717) is 11.3 Å². The van der Waals surface area contributed by atoms with E-state index in [4.69, 9.17) is 23.2 Å². The van der Waals surface area contributed by atoms with Crippen LogP contribution in [-0.2, 0) is 6.54 Å². The third-order valence-electron chi connectivity index (χ3n) is 2.90. The lowest BCUT2D eigenvalue weighted by Crippen LogP contribution is -2.24. The molecule has 0 spiro atoms. The lowest BCUT2D eigenvalue weighted by atomic mass is 10.1. The van der Waals surface area contributed by atoms with Crippen molar-refractivity contribution in [3.63, 3.8) is 0 Å². The number of hydrogen-bond donors (Lipinski definition) is 1. The second kappa shape index (κ2) is 5.53. The normalized spacial score (nSPS) is 26.0. The molecule has 0 amide bonds. The molecule has 1 N–H and O–H groups in total. The predicted octanol–water partition coefficient (Wildman–Crippen LogP) is 3.90. The van der Waals surface area contributed by atoms with E-state index in [-0.39, 0.29) is 0 Å². The summed E-state index contributed by atoms with van der Waals surface area (Å²) in [7, 11) is 0. The molecule has 15 heavy (non-hydrogen) atoms. The molecule has 1 heterocycles. The zero-order chi connectivity index (χ0) is 10.7. The first-order valence-electron chi connectivity index (χ1n) is 5.34. The zero-order valence-electron chi connectivity index (χ0n) is 8.51. The molecule has 2 rings (SSSR count). The summed E-state index contributed by atoms with van der Waals surface area (Å²) in [5.41, 5.74) is 0. The lowest BCUT2D eigenvalue weighted by molar-refractivity contribution is 0.495. The van der Waals surface area contributed by atoms with Gasteiger partial charge in [-0.1, -0.05) is 18.0 Å². The van der Waals surface area contributed by atoms with E-state index in [1.807, 2.05) is 6.07 Å². The van der Waals surface area contributed by atoms with Gasteiger partial charge in [-0.05, 0) is 37.4 Å². The van der Waals surface area contributed by atoms with Gasteiger partial charge in [0.25, 0.3) is 0 Å². The monoisotopic (exact) mass is 263 g/mol. The first kappa shape index (κ1) is 11.7. The van der Waals surface area contributed by atoms with E-state index in [0.717, 1.165) is 17.4 Å². The minimum absolute atomic E-state index is 0.379. The van der Waals surface area contributed by atoms with Crippen molar-refractivity contribution < 1.29 is 0 Å². The number of nitrogens with one attached hydrogen (secondary N) is 1. The molecule has 1 aliphatic carbocycles. The van der Waals surface area contributed by atoms with Crippen LogP contribution in [0, 0.1) is 5.92 Å². The third-order valence-corrected chi connectivity index (χ3v) is 4.71. The van der Waals surface area contributed by atoms with Crippen molar-refractivity contribution >= 4 is 34.5 Å². The van der Waals surface area contributed by atoms with Crippen LogP contribution < -0.4 is 5.32 Å². The molecule has 2 atom stereocenters. The maximum Gasteiger partial charge on any atom is 0.0931 e. The van der Waals surface area contributed by atoms with Crippen LogP contribution in [0.5, 0.6) is 0 Å². The highest BCUT2D eigenvalue weighted by Gasteiger charge is 2.24. The summed E-state index contributed by atoms with van der Waals surface area (Å²) in [5.74, 6) is 0.655. The van der Waals surface area contributed by atoms with Crippen LogP contribution in [0.15, 0.2) is 12.1 Å². The summed E-state index contributed by atoms with van der Waals surface area (Å²) < 4.78 is 0.864. The summed E-state index contributed by atoms with van der Waals surface area (Å²) in [6.45, 7) is 1.95. The Bertz CT molecular complexity index is 313. The van der Waals surface area contributed by atoms with E-state index >= 15 is 0 Å². The van der Waals surface area contributed by atoms with Gasteiger partial charge in [0, 0.05) is 16.8 Å². The van der Waals surface area contributed by atoms with Gasteiger partial charge < -0.3 is 5.32 Å². The van der Waals surface area contributed by atoms with Crippen LogP contribution in [-0.4, -0.2) is 11.9 Å². The van der Waals surface area contributed by atoms with Gasteiger partial charge in [-0.25, -0.2) is 0 Å². The first-order chi connectivity index (χ1) is 7.25. The summed E-state index contributed by atoms with van der Waals surface area (Å²) in [4.78, 5) is 1.30. The number of thiophene rings is 1. The molecule has 1 aromatic heterocycles. The number of alkyl halides is 1. The Morgan fingerprint density at radius 2 is 2.27 bits per heavy atom. The smallest absolute Gasteiger partial charge is 0.0931 e. The Hall–Kier alpha value is 0.240. The van der Waals surface area contributed by atoms with Crippen molar-refractivity contribution in [3.05, 3.63) is 21.3 Å². The van der Waals surface area contributed by atoms with Crippen LogP contribution in [0.2, 0.25) is 4.34 Å². The molecule has 1 fully saturated rings. The second-order valence-electron chi connectivity index (χ2n) is 4.04. The molecule has 0 saturated heterocycles. The highest BCUT2D eigenvalue weighted by Crippen LogP contribution is 2.29. The Balaban J connectivity index is 1.70. The van der Waals surface area contributed by atoms with Gasteiger partial charge in [0.2, 0.25) is 0 Å². The van der Waals surface area contributed by atoms with E-state index in [1.165, 1.54) is 24.1 Å². The fourth-order valence-electron chi connectivity index (χ4n) is 2.05. The summed E-state index contributed by atoms with van der Waals surface area (Å²) in [5, 5.41) is 3.83. The Labute approximate surface area is 105 Å². The molecule has 0 radical (unpaired) electrons. The molecule has 2 unspecified atom stereocenters. The van der Waals surface area contributed by atoms with E-state index < -0.39 is 0 Å². The molecule has 4 heteroatoms. The van der Waals surface area contributed by atoms with Crippen molar-refractivity contribution in [1.82, 2.24) is 5.32 Å². The van der Waals surface area contributed by atoms with Gasteiger partial charge in [-0.15, -0.1) is 22.9 Å². The summed E-state index contributed by atoms with van der Waals surface area (Å²) in [6, 6.07) is 4.02.